The molecule has 0 aliphatic heterocycles. The third-order valence-corrected chi connectivity index (χ3v) is 3.46. The van der Waals surface area contributed by atoms with Crippen molar-refractivity contribution < 1.29 is 14.2 Å². The Morgan fingerprint density at radius 2 is 1.80 bits per heavy atom. The molecule has 0 aliphatic rings. The highest BCUT2D eigenvalue weighted by molar-refractivity contribution is 9.10. The molecular weight excluding hydrogens is 322 g/mol. The Morgan fingerprint density at radius 3 is 2.55 bits per heavy atom. The molecule has 1 aromatic rings. The van der Waals surface area contributed by atoms with Crippen LogP contribution in [0, 0.1) is 0 Å². The molecule has 0 atom stereocenters. The summed E-state index contributed by atoms with van der Waals surface area (Å²) in [6.45, 7) is 3.80. The lowest BCUT2D eigenvalue weighted by molar-refractivity contribution is 0.183. The number of para-hydroxylation sites is 1. The van der Waals surface area contributed by atoms with Gasteiger partial charge in [-0.15, -0.1) is 0 Å². The maximum Gasteiger partial charge on any atom is 0.137 e. The number of unbranched alkanes of at least 4 members (excludes halogenated alkanes) is 1. The van der Waals surface area contributed by atoms with Gasteiger partial charge in [0.25, 0.3) is 0 Å². The molecule has 0 bridgehead atoms. The van der Waals surface area contributed by atoms with E-state index in [-0.39, 0.29) is 0 Å². The first-order chi connectivity index (χ1) is 9.79. The van der Waals surface area contributed by atoms with Gasteiger partial charge in [-0.25, -0.2) is 0 Å². The fourth-order valence-corrected chi connectivity index (χ4v) is 2.30. The van der Waals surface area contributed by atoms with Crippen LogP contribution in [0.3, 0.4) is 0 Å². The van der Waals surface area contributed by atoms with Crippen molar-refractivity contribution in [3.05, 3.63) is 28.2 Å². The summed E-state index contributed by atoms with van der Waals surface area (Å²) < 4.78 is 16.9. The molecule has 0 unspecified atom stereocenters. The van der Waals surface area contributed by atoms with Crippen LogP contribution in [0.15, 0.2) is 22.7 Å². The lowest BCUT2D eigenvalue weighted by Gasteiger charge is -2.14. The maximum absolute atomic E-state index is 5.90. The second-order valence-electron chi connectivity index (χ2n) is 4.45. The summed E-state index contributed by atoms with van der Waals surface area (Å²) in [5, 5.41) is 3.34. The summed E-state index contributed by atoms with van der Waals surface area (Å²) in [6, 6.07) is 6.10. The normalized spacial score (nSPS) is 10.8. The summed E-state index contributed by atoms with van der Waals surface area (Å²) in [7, 11) is 3.42. The standard InChI is InChI=1S/C15H24BrNO3/c1-18-9-3-4-10-20-15-13(6-5-7-14(15)16)12-17-8-11-19-2/h5-7,17H,3-4,8-12H2,1-2H3. The van der Waals surface area contributed by atoms with E-state index in [0.717, 1.165) is 48.3 Å². The van der Waals surface area contributed by atoms with Crippen molar-refractivity contribution in [1.29, 1.82) is 0 Å². The van der Waals surface area contributed by atoms with Gasteiger partial charge in [0.15, 0.2) is 0 Å². The molecule has 1 aromatic carbocycles. The van der Waals surface area contributed by atoms with E-state index in [1.165, 1.54) is 0 Å². The number of rotatable bonds is 11. The molecular formula is C15H24BrNO3. The highest BCUT2D eigenvalue weighted by atomic mass is 79.9. The summed E-state index contributed by atoms with van der Waals surface area (Å²) >= 11 is 3.55. The van der Waals surface area contributed by atoms with Crippen LogP contribution in [0.5, 0.6) is 5.75 Å². The minimum absolute atomic E-state index is 0.705. The molecule has 0 radical (unpaired) electrons. The smallest absolute Gasteiger partial charge is 0.137 e. The van der Waals surface area contributed by atoms with E-state index >= 15 is 0 Å². The lowest BCUT2D eigenvalue weighted by atomic mass is 10.2. The predicted octanol–water partition coefficient (Wildman–Crippen LogP) is 2.99. The van der Waals surface area contributed by atoms with E-state index in [9.17, 15) is 0 Å². The number of hydrogen-bond acceptors (Lipinski definition) is 4. The van der Waals surface area contributed by atoms with Crippen LogP contribution in [0.4, 0.5) is 0 Å². The third-order valence-electron chi connectivity index (χ3n) is 2.84. The van der Waals surface area contributed by atoms with Crippen LogP contribution in [-0.4, -0.2) is 40.6 Å². The van der Waals surface area contributed by atoms with Gasteiger partial charge in [-0.3, -0.25) is 0 Å². The van der Waals surface area contributed by atoms with Gasteiger partial charge in [-0.1, -0.05) is 12.1 Å². The van der Waals surface area contributed by atoms with Gasteiger partial charge in [-0.2, -0.15) is 0 Å². The molecule has 114 valence electrons. The summed E-state index contributed by atoms with van der Waals surface area (Å²) in [5.41, 5.74) is 1.15. The Morgan fingerprint density at radius 1 is 1.05 bits per heavy atom. The van der Waals surface area contributed by atoms with Crippen LogP contribution in [0.1, 0.15) is 18.4 Å². The Kier molecular flexibility index (Phi) is 9.66. The highest BCUT2D eigenvalue weighted by Gasteiger charge is 2.07. The van der Waals surface area contributed by atoms with E-state index < -0.39 is 0 Å². The van der Waals surface area contributed by atoms with Gasteiger partial charge in [0.05, 0.1) is 17.7 Å². The molecule has 1 N–H and O–H groups in total. The van der Waals surface area contributed by atoms with Gasteiger partial charge >= 0.3 is 0 Å². The first-order valence-electron chi connectivity index (χ1n) is 6.88. The van der Waals surface area contributed by atoms with Crippen LogP contribution in [0.25, 0.3) is 0 Å². The zero-order valence-electron chi connectivity index (χ0n) is 12.3. The lowest BCUT2D eigenvalue weighted by Crippen LogP contribution is -2.19. The third kappa shape index (κ3) is 6.70. The zero-order valence-corrected chi connectivity index (χ0v) is 13.9. The van der Waals surface area contributed by atoms with Gasteiger partial charge in [0.1, 0.15) is 5.75 Å². The summed E-state index contributed by atoms with van der Waals surface area (Å²) in [4.78, 5) is 0. The van der Waals surface area contributed by atoms with Gasteiger partial charge in [0, 0.05) is 39.5 Å². The number of methoxy groups -OCH3 is 2. The predicted molar refractivity (Wildman–Crippen MR) is 84.3 cm³/mol. The molecule has 20 heavy (non-hydrogen) atoms. The Hall–Kier alpha value is -0.620. The Bertz CT molecular complexity index is 374. The number of nitrogens with one attached hydrogen (secondary N) is 1. The average Bonchev–Trinajstić information content (AvgIpc) is 2.45. The summed E-state index contributed by atoms with van der Waals surface area (Å²) in [5.74, 6) is 0.926. The van der Waals surface area contributed by atoms with Crippen molar-refractivity contribution in [3.8, 4) is 5.75 Å². The molecule has 0 spiro atoms. The summed E-state index contributed by atoms with van der Waals surface area (Å²) in [6.07, 6.45) is 2.01. The Balaban J connectivity index is 2.45. The monoisotopic (exact) mass is 345 g/mol. The molecule has 0 heterocycles. The number of hydrogen-bond donors (Lipinski definition) is 1. The minimum Gasteiger partial charge on any atom is -0.492 e. The quantitative estimate of drug-likeness (QED) is 0.626. The molecule has 0 aliphatic carbocycles. The van der Waals surface area contributed by atoms with E-state index in [2.05, 4.69) is 27.3 Å². The van der Waals surface area contributed by atoms with Crippen LogP contribution in [0.2, 0.25) is 0 Å². The minimum atomic E-state index is 0.705. The van der Waals surface area contributed by atoms with Gasteiger partial charge in [-0.05, 0) is 34.8 Å². The molecule has 1 rings (SSSR count). The van der Waals surface area contributed by atoms with E-state index in [0.29, 0.717) is 13.2 Å². The second kappa shape index (κ2) is 11.1. The fraction of sp³-hybridized carbons (Fsp3) is 0.600. The second-order valence-corrected chi connectivity index (χ2v) is 5.30. The first-order valence-corrected chi connectivity index (χ1v) is 7.67. The van der Waals surface area contributed by atoms with Crippen LogP contribution >= 0.6 is 15.9 Å². The number of ether oxygens (including phenoxy) is 3. The fourth-order valence-electron chi connectivity index (χ4n) is 1.77. The molecule has 0 saturated carbocycles. The topological polar surface area (TPSA) is 39.7 Å². The average molecular weight is 346 g/mol. The van der Waals surface area contributed by atoms with E-state index in [1.807, 2.05) is 12.1 Å². The number of halogens is 1. The first kappa shape index (κ1) is 17.4. The van der Waals surface area contributed by atoms with E-state index in [1.54, 1.807) is 14.2 Å². The van der Waals surface area contributed by atoms with Crippen molar-refractivity contribution in [2.75, 3.05) is 40.6 Å². The van der Waals surface area contributed by atoms with Crippen LogP contribution < -0.4 is 10.1 Å². The molecule has 0 fully saturated rings. The van der Waals surface area contributed by atoms with E-state index in [4.69, 9.17) is 14.2 Å². The van der Waals surface area contributed by atoms with Crippen molar-refractivity contribution in [2.24, 2.45) is 0 Å². The SMILES string of the molecule is COCCCCOc1c(Br)cccc1CNCCOC. The van der Waals surface area contributed by atoms with Crippen molar-refractivity contribution in [1.82, 2.24) is 5.32 Å². The Labute approximate surface area is 129 Å². The largest absolute Gasteiger partial charge is 0.492 e. The van der Waals surface area contributed by atoms with Crippen molar-refractivity contribution in [3.63, 3.8) is 0 Å². The zero-order chi connectivity index (χ0) is 14.6. The van der Waals surface area contributed by atoms with Crippen molar-refractivity contribution in [2.45, 2.75) is 19.4 Å². The van der Waals surface area contributed by atoms with Crippen LogP contribution in [-0.2, 0) is 16.0 Å². The molecule has 0 saturated heterocycles. The molecule has 0 aromatic heterocycles. The molecule has 5 heteroatoms. The van der Waals surface area contributed by atoms with Gasteiger partial charge < -0.3 is 19.5 Å². The van der Waals surface area contributed by atoms with Gasteiger partial charge in [0.2, 0.25) is 0 Å². The highest BCUT2D eigenvalue weighted by Crippen LogP contribution is 2.29. The maximum atomic E-state index is 5.90. The molecule has 0 amide bonds. The molecule has 4 nitrogen and oxygen atoms in total. The van der Waals surface area contributed by atoms with Crippen molar-refractivity contribution >= 4 is 15.9 Å². The number of benzene rings is 1.